The molecule has 0 aliphatic carbocycles. The van der Waals surface area contributed by atoms with Crippen LogP contribution >= 0.6 is 0 Å². The van der Waals surface area contributed by atoms with E-state index in [0.29, 0.717) is 5.57 Å². The van der Waals surface area contributed by atoms with Crippen LogP contribution in [0.25, 0.3) is 22.8 Å². The molecule has 0 radical (unpaired) electrons. The number of aromatic nitrogens is 1. The largest absolute Gasteiger partial charge is 0.388 e. The number of primary amides is 1. The number of nitrogens with two attached hydrogens (primary N) is 1. The lowest BCUT2D eigenvalue weighted by Gasteiger charge is -2.16. The maximum absolute atomic E-state index is 12.2. The van der Waals surface area contributed by atoms with Crippen LogP contribution in [0.4, 0.5) is 5.69 Å². The molecule has 5 heteroatoms. The Balaban J connectivity index is 2.21. The van der Waals surface area contributed by atoms with Crippen molar-refractivity contribution in [1.29, 1.82) is 0 Å². The molecule has 0 fully saturated rings. The number of aldehydes is 1. The van der Waals surface area contributed by atoms with Gasteiger partial charge in [-0.2, -0.15) is 0 Å². The molecule has 0 saturated heterocycles. The monoisotopic (exact) mass is 401 g/mol. The van der Waals surface area contributed by atoms with Crippen LogP contribution in [0.3, 0.4) is 0 Å². The van der Waals surface area contributed by atoms with E-state index in [-0.39, 0.29) is 12.3 Å². The van der Waals surface area contributed by atoms with Gasteiger partial charge in [-0.1, -0.05) is 36.4 Å². The summed E-state index contributed by atoms with van der Waals surface area (Å²) in [6.45, 7) is 6.14. The molecule has 1 aromatic heterocycles. The fourth-order valence-corrected chi connectivity index (χ4v) is 3.70. The van der Waals surface area contributed by atoms with Crippen molar-refractivity contribution in [1.82, 2.24) is 4.98 Å². The number of hydrogen-bond acceptors (Lipinski definition) is 3. The van der Waals surface area contributed by atoms with Crippen molar-refractivity contribution in [3.8, 4) is 11.1 Å². The van der Waals surface area contributed by atoms with Crippen molar-refractivity contribution in [3.05, 3.63) is 76.1 Å². The number of allylic oxidation sites excluding steroid dienone is 1. The lowest BCUT2D eigenvalue weighted by Crippen LogP contribution is -2.13. The number of anilines is 1. The molecule has 0 spiro atoms. The van der Waals surface area contributed by atoms with E-state index in [1.807, 2.05) is 69.4 Å². The zero-order chi connectivity index (χ0) is 21.8. The Morgan fingerprint density at radius 2 is 1.83 bits per heavy atom. The van der Waals surface area contributed by atoms with Crippen LogP contribution in [0, 0.1) is 20.8 Å². The lowest BCUT2D eigenvalue weighted by atomic mass is 9.91. The average molecular weight is 402 g/mol. The topological polar surface area (TPSA) is 88.0 Å². The van der Waals surface area contributed by atoms with Gasteiger partial charge in [-0.25, -0.2) is 0 Å². The van der Waals surface area contributed by atoms with E-state index < -0.39 is 0 Å². The number of aromatic amines is 1. The van der Waals surface area contributed by atoms with Crippen LogP contribution in [0.5, 0.6) is 0 Å². The zero-order valence-electron chi connectivity index (χ0n) is 17.8. The molecule has 30 heavy (non-hydrogen) atoms. The van der Waals surface area contributed by atoms with Crippen LogP contribution < -0.4 is 11.1 Å². The minimum absolute atomic E-state index is 0.172. The third kappa shape index (κ3) is 4.20. The van der Waals surface area contributed by atoms with Crippen molar-refractivity contribution in [2.75, 3.05) is 12.4 Å². The summed E-state index contributed by atoms with van der Waals surface area (Å²) >= 11 is 0. The van der Waals surface area contributed by atoms with Gasteiger partial charge in [0.2, 0.25) is 5.91 Å². The normalized spacial score (nSPS) is 11.4. The Morgan fingerprint density at radius 3 is 2.43 bits per heavy atom. The van der Waals surface area contributed by atoms with Crippen LogP contribution in [0.1, 0.15) is 33.6 Å². The first-order valence-corrected chi connectivity index (χ1v) is 9.87. The molecule has 0 atom stereocenters. The van der Waals surface area contributed by atoms with Crippen molar-refractivity contribution in [3.63, 3.8) is 0 Å². The fraction of sp³-hybridized carbons (Fsp3) is 0.200. The number of hydrogen-bond donors (Lipinski definition) is 3. The van der Waals surface area contributed by atoms with Gasteiger partial charge in [0.15, 0.2) is 6.29 Å². The first-order valence-electron chi connectivity index (χ1n) is 9.87. The molecule has 0 aliphatic heterocycles. The van der Waals surface area contributed by atoms with Gasteiger partial charge in [0, 0.05) is 35.3 Å². The highest BCUT2D eigenvalue weighted by atomic mass is 16.1. The average Bonchev–Trinajstić information content (AvgIpc) is 2.97. The SMILES string of the molecule is CNc1cccc(-c2cccc(CC(N)=O)c2)c1/C(C=O)=C/c1[nH]c(C)c(C)c1C. The molecule has 2 aromatic carbocycles. The first-order chi connectivity index (χ1) is 14.3. The summed E-state index contributed by atoms with van der Waals surface area (Å²) in [4.78, 5) is 26.9. The number of aryl methyl sites for hydroxylation is 1. The standard InChI is InChI=1S/C25H27N3O2/c1-15-16(2)23(28-17(15)3)13-20(14-29)25-21(9-6-10-22(25)27-4)19-8-5-7-18(11-19)12-24(26)30/h5-11,13-14,27-28H,12H2,1-4H3,(H2,26,30)/b20-13+. The molecule has 1 heterocycles. The van der Waals surface area contributed by atoms with E-state index in [0.717, 1.165) is 51.2 Å². The summed E-state index contributed by atoms with van der Waals surface area (Å²) in [5, 5.41) is 3.20. The Labute approximate surface area is 177 Å². The Kier molecular flexibility index (Phi) is 6.21. The molecule has 0 bridgehead atoms. The minimum atomic E-state index is -0.377. The molecule has 0 unspecified atom stereocenters. The van der Waals surface area contributed by atoms with Crippen molar-refractivity contribution >= 4 is 29.5 Å². The van der Waals surface area contributed by atoms with Crippen molar-refractivity contribution in [2.24, 2.45) is 5.73 Å². The summed E-state index contributed by atoms with van der Waals surface area (Å²) in [5.74, 6) is -0.377. The highest BCUT2D eigenvalue weighted by Crippen LogP contribution is 2.35. The fourth-order valence-electron chi connectivity index (χ4n) is 3.70. The second kappa shape index (κ2) is 8.82. The second-order valence-corrected chi connectivity index (χ2v) is 7.45. The van der Waals surface area contributed by atoms with Gasteiger partial charge in [0.05, 0.1) is 6.42 Å². The van der Waals surface area contributed by atoms with E-state index in [1.165, 1.54) is 5.56 Å². The number of rotatable bonds is 7. The number of amides is 1. The van der Waals surface area contributed by atoms with Gasteiger partial charge in [-0.05, 0) is 60.7 Å². The summed E-state index contributed by atoms with van der Waals surface area (Å²) in [5.41, 5.74) is 14.6. The zero-order valence-corrected chi connectivity index (χ0v) is 17.8. The van der Waals surface area contributed by atoms with Crippen LogP contribution in [0.15, 0.2) is 42.5 Å². The van der Waals surface area contributed by atoms with E-state index >= 15 is 0 Å². The number of benzene rings is 2. The smallest absolute Gasteiger partial charge is 0.221 e. The van der Waals surface area contributed by atoms with Gasteiger partial charge < -0.3 is 16.0 Å². The number of H-pyrrole nitrogens is 1. The van der Waals surface area contributed by atoms with Gasteiger partial charge in [0.25, 0.3) is 0 Å². The molecule has 154 valence electrons. The van der Waals surface area contributed by atoms with Crippen molar-refractivity contribution < 1.29 is 9.59 Å². The summed E-state index contributed by atoms with van der Waals surface area (Å²) in [6.07, 6.45) is 2.96. The summed E-state index contributed by atoms with van der Waals surface area (Å²) in [7, 11) is 1.84. The third-order valence-electron chi connectivity index (χ3n) is 5.52. The first kappa shape index (κ1) is 21.1. The predicted molar refractivity (Wildman–Crippen MR) is 123 cm³/mol. The van der Waals surface area contributed by atoms with Crippen molar-refractivity contribution in [2.45, 2.75) is 27.2 Å². The Hall–Kier alpha value is -3.60. The number of carbonyl (C=O) groups excluding carboxylic acids is 2. The van der Waals surface area contributed by atoms with E-state index in [2.05, 4.69) is 17.2 Å². The van der Waals surface area contributed by atoms with Crippen LogP contribution in [0.2, 0.25) is 0 Å². The molecule has 5 nitrogen and oxygen atoms in total. The molecule has 4 N–H and O–H groups in total. The van der Waals surface area contributed by atoms with Crippen LogP contribution in [-0.2, 0) is 16.0 Å². The molecule has 0 saturated carbocycles. The third-order valence-corrected chi connectivity index (χ3v) is 5.52. The molecule has 1 amide bonds. The highest BCUT2D eigenvalue weighted by molar-refractivity contribution is 6.17. The maximum atomic E-state index is 12.2. The molecule has 3 aromatic rings. The Morgan fingerprint density at radius 1 is 1.10 bits per heavy atom. The molecule has 3 rings (SSSR count). The summed E-state index contributed by atoms with van der Waals surface area (Å²) < 4.78 is 0. The van der Waals surface area contributed by atoms with Crippen LogP contribution in [-0.4, -0.2) is 24.2 Å². The van der Waals surface area contributed by atoms with E-state index in [4.69, 9.17) is 5.73 Å². The lowest BCUT2D eigenvalue weighted by molar-refractivity contribution is -0.117. The maximum Gasteiger partial charge on any atom is 0.221 e. The summed E-state index contributed by atoms with van der Waals surface area (Å²) in [6, 6.07) is 13.6. The predicted octanol–water partition coefficient (Wildman–Crippen LogP) is 4.42. The quantitative estimate of drug-likeness (QED) is 0.405. The van der Waals surface area contributed by atoms with Gasteiger partial charge in [-0.3, -0.25) is 9.59 Å². The number of nitrogens with one attached hydrogen (secondary N) is 2. The van der Waals surface area contributed by atoms with Gasteiger partial charge in [0.1, 0.15) is 0 Å². The Bertz CT molecular complexity index is 1140. The second-order valence-electron chi connectivity index (χ2n) is 7.45. The number of carbonyl (C=O) groups is 2. The molecule has 0 aliphatic rings. The van der Waals surface area contributed by atoms with Gasteiger partial charge in [-0.15, -0.1) is 0 Å². The highest BCUT2D eigenvalue weighted by Gasteiger charge is 2.16. The molecular formula is C25H27N3O2. The molecular weight excluding hydrogens is 374 g/mol. The van der Waals surface area contributed by atoms with Gasteiger partial charge >= 0.3 is 0 Å². The van der Waals surface area contributed by atoms with E-state index in [9.17, 15) is 9.59 Å². The van der Waals surface area contributed by atoms with E-state index in [1.54, 1.807) is 0 Å². The minimum Gasteiger partial charge on any atom is -0.388 e.